The van der Waals surface area contributed by atoms with Crippen LogP contribution in [0, 0.1) is 0 Å². The number of carbonyl (C=O) groups excluding carboxylic acids is 2. The van der Waals surface area contributed by atoms with Gasteiger partial charge >= 0.3 is 5.97 Å². The van der Waals surface area contributed by atoms with E-state index in [1.807, 2.05) is 20.8 Å². The van der Waals surface area contributed by atoms with E-state index >= 15 is 0 Å². The van der Waals surface area contributed by atoms with Gasteiger partial charge in [-0.15, -0.1) is 0 Å². The average molecular weight is 313 g/mol. The van der Waals surface area contributed by atoms with Gasteiger partial charge in [-0.25, -0.2) is 4.98 Å². The highest BCUT2D eigenvalue weighted by atomic mass is 35.5. The molecule has 0 spiro atoms. The number of rotatable bonds is 4. The first-order valence-corrected chi connectivity index (χ1v) is 7.12. The third-order valence-electron chi connectivity index (χ3n) is 2.83. The fourth-order valence-corrected chi connectivity index (χ4v) is 1.91. The standard InChI is InChI=1S/C15H21ClN2O3/c1-6-21-13(19)9-18(5)14(20)10-7-11(15(2,3)4)17-12(16)8-10/h7-8H,6,9H2,1-5H3. The molecule has 0 radical (unpaired) electrons. The molecule has 1 heterocycles. The first-order valence-electron chi connectivity index (χ1n) is 6.74. The summed E-state index contributed by atoms with van der Waals surface area (Å²) in [5.41, 5.74) is 0.911. The van der Waals surface area contributed by atoms with Gasteiger partial charge < -0.3 is 9.64 Å². The number of hydrogen-bond donors (Lipinski definition) is 0. The number of esters is 1. The number of halogens is 1. The normalized spacial score (nSPS) is 11.1. The molecule has 0 bridgehead atoms. The van der Waals surface area contributed by atoms with Crippen LogP contribution in [0.2, 0.25) is 5.15 Å². The molecule has 1 aromatic rings. The minimum absolute atomic E-state index is 0.0997. The molecule has 1 aromatic heterocycles. The third-order valence-corrected chi connectivity index (χ3v) is 3.02. The minimum atomic E-state index is -0.440. The van der Waals surface area contributed by atoms with Crippen LogP contribution >= 0.6 is 11.6 Å². The van der Waals surface area contributed by atoms with Crippen molar-refractivity contribution in [3.05, 3.63) is 28.5 Å². The van der Waals surface area contributed by atoms with Crippen LogP contribution in [0.3, 0.4) is 0 Å². The SMILES string of the molecule is CCOC(=O)CN(C)C(=O)c1cc(Cl)nc(C(C)(C)C)c1. The molecule has 0 aliphatic carbocycles. The zero-order valence-electron chi connectivity index (χ0n) is 13.1. The Labute approximate surface area is 130 Å². The molecule has 0 saturated heterocycles. The number of pyridine rings is 1. The molecule has 1 amide bonds. The maximum atomic E-state index is 12.3. The molecule has 0 aliphatic heterocycles. The lowest BCUT2D eigenvalue weighted by Crippen LogP contribution is -2.33. The highest BCUT2D eigenvalue weighted by Gasteiger charge is 2.21. The second-order valence-corrected chi connectivity index (χ2v) is 6.17. The first-order chi connectivity index (χ1) is 9.65. The number of ether oxygens (including phenoxy) is 1. The van der Waals surface area contributed by atoms with Crippen molar-refractivity contribution in [3.63, 3.8) is 0 Å². The molecule has 0 aromatic carbocycles. The summed E-state index contributed by atoms with van der Waals surface area (Å²) >= 11 is 5.99. The van der Waals surface area contributed by atoms with Crippen molar-refractivity contribution in [2.45, 2.75) is 33.1 Å². The predicted octanol–water partition coefficient (Wildman–Crippen LogP) is 2.67. The number of amides is 1. The number of nitrogens with zero attached hydrogens (tertiary/aromatic N) is 2. The van der Waals surface area contributed by atoms with E-state index in [0.29, 0.717) is 5.56 Å². The summed E-state index contributed by atoms with van der Waals surface area (Å²) in [4.78, 5) is 29.3. The van der Waals surface area contributed by atoms with Crippen LogP contribution in [-0.2, 0) is 14.9 Å². The lowest BCUT2D eigenvalue weighted by molar-refractivity contribution is -0.143. The van der Waals surface area contributed by atoms with Crippen LogP contribution in [0.4, 0.5) is 0 Å². The van der Waals surface area contributed by atoms with E-state index in [9.17, 15) is 9.59 Å². The van der Waals surface area contributed by atoms with Crippen molar-refractivity contribution < 1.29 is 14.3 Å². The fourth-order valence-electron chi connectivity index (χ4n) is 1.70. The Morgan fingerprint density at radius 2 is 1.95 bits per heavy atom. The van der Waals surface area contributed by atoms with Gasteiger partial charge in [0.15, 0.2) is 0 Å². The topological polar surface area (TPSA) is 59.5 Å². The van der Waals surface area contributed by atoms with Crippen LogP contribution in [0.15, 0.2) is 12.1 Å². The minimum Gasteiger partial charge on any atom is -0.465 e. The molecule has 0 aliphatic rings. The van der Waals surface area contributed by atoms with Gasteiger partial charge in [-0.05, 0) is 19.1 Å². The van der Waals surface area contributed by atoms with Crippen molar-refractivity contribution in [1.29, 1.82) is 0 Å². The lowest BCUT2D eigenvalue weighted by atomic mass is 9.91. The van der Waals surface area contributed by atoms with E-state index in [2.05, 4.69) is 4.98 Å². The Kier molecular flexibility index (Phi) is 5.72. The zero-order chi connectivity index (χ0) is 16.2. The fraction of sp³-hybridized carbons (Fsp3) is 0.533. The van der Waals surface area contributed by atoms with E-state index < -0.39 is 5.97 Å². The van der Waals surface area contributed by atoms with Gasteiger partial charge in [-0.3, -0.25) is 9.59 Å². The molecule has 116 valence electrons. The second kappa shape index (κ2) is 6.89. The van der Waals surface area contributed by atoms with E-state index in [1.54, 1.807) is 20.0 Å². The van der Waals surface area contributed by atoms with E-state index in [4.69, 9.17) is 16.3 Å². The van der Waals surface area contributed by atoms with Crippen LogP contribution in [0.25, 0.3) is 0 Å². The van der Waals surface area contributed by atoms with Gasteiger partial charge in [0.2, 0.25) is 0 Å². The summed E-state index contributed by atoms with van der Waals surface area (Å²) in [7, 11) is 1.55. The van der Waals surface area contributed by atoms with Gasteiger partial charge in [-0.1, -0.05) is 32.4 Å². The Bertz CT molecular complexity index is 538. The molecular formula is C15H21ClN2O3. The van der Waals surface area contributed by atoms with Crippen molar-refractivity contribution >= 4 is 23.5 Å². The summed E-state index contributed by atoms with van der Waals surface area (Å²) in [6.07, 6.45) is 0. The van der Waals surface area contributed by atoms with E-state index in [0.717, 1.165) is 5.69 Å². The van der Waals surface area contributed by atoms with Crippen LogP contribution < -0.4 is 0 Å². The van der Waals surface area contributed by atoms with Crippen molar-refractivity contribution in [3.8, 4) is 0 Å². The largest absolute Gasteiger partial charge is 0.465 e. The monoisotopic (exact) mass is 312 g/mol. The van der Waals surface area contributed by atoms with Gasteiger partial charge in [0, 0.05) is 23.7 Å². The third kappa shape index (κ3) is 5.01. The molecule has 0 N–H and O–H groups in total. The smallest absolute Gasteiger partial charge is 0.325 e. The Balaban J connectivity index is 2.97. The summed E-state index contributed by atoms with van der Waals surface area (Å²) in [5, 5.41) is 0.260. The maximum Gasteiger partial charge on any atom is 0.325 e. The van der Waals surface area contributed by atoms with E-state index in [-0.39, 0.29) is 29.6 Å². The molecule has 0 fully saturated rings. The molecule has 6 heteroatoms. The highest BCUT2D eigenvalue weighted by molar-refractivity contribution is 6.29. The van der Waals surface area contributed by atoms with Gasteiger partial charge in [0.05, 0.1) is 6.61 Å². The molecule has 5 nitrogen and oxygen atoms in total. The maximum absolute atomic E-state index is 12.3. The number of aromatic nitrogens is 1. The summed E-state index contributed by atoms with van der Waals surface area (Å²) < 4.78 is 4.83. The average Bonchev–Trinajstić information content (AvgIpc) is 2.36. The summed E-state index contributed by atoms with van der Waals surface area (Å²) in [5.74, 6) is -0.734. The quantitative estimate of drug-likeness (QED) is 0.633. The van der Waals surface area contributed by atoms with Crippen LogP contribution in [0.1, 0.15) is 43.7 Å². The first kappa shape index (κ1) is 17.4. The van der Waals surface area contributed by atoms with Gasteiger partial charge in [-0.2, -0.15) is 0 Å². The molecule has 0 unspecified atom stereocenters. The molecule has 0 atom stereocenters. The van der Waals surface area contributed by atoms with Crippen LogP contribution in [0.5, 0.6) is 0 Å². The molecular weight excluding hydrogens is 292 g/mol. The molecule has 0 saturated carbocycles. The van der Waals surface area contributed by atoms with Crippen LogP contribution in [-0.4, -0.2) is 42.0 Å². The van der Waals surface area contributed by atoms with Crippen molar-refractivity contribution in [1.82, 2.24) is 9.88 Å². The number of likely N-dealkylation sites (N-methyl/N-ethyl adjacent to an activating group) is 1. The number of hydrogen-bond acceptors (Lipinski definition) is 4. The lowest BCUT2D eigenvalue weighted by Gasteiger charge is -2.20. The van der Waals surface area contributed by atoms with E-state index in [1.165, 1.54) is 11.0 Å². The van der Waals surface area contributed by atoms with Crippen molar-refractivity contribution in [2.75, 3.05) is 20.2 Å². The van der Waals surface area contributed by atoms with Gasteiger partial charge in [0.1, 0.15) is 11.7 Å². The Hall–Kier alpha value is -1.62. The molecule has 21 heavy (non-hydrogen) atoms. The Morgan fingerprint density at radius 3 is 2.48 bits per heavy atom. The Morgan fingerprint density at radius 1 is 1.33 bits per heavy atom. The highest BCUT2D eigenvalue weighted by Crippen LogP contribution is 2.23. The predicted molar refractivity (Wildman–Crippen MR) is 81.5 cm³/mol. The second-order valence-electron chi connectivity index (χ2n) is 5.78. The van der Waals surface area contributed by atoms with Crippen molar-refractivity contribution in [2.24, 2.45) is 0 Å². The zero-order valence-corrected chi connectivity index (χ0v) is 13.8. The summed E-state index contributed by atoms with van der Waals surface area (Å²) in [6, 6.07) is 3.21. The van der Waals surface area contributed by atoms with Gasteiger partial charge in [0.25, 0.3) is 5.91 Å². The summed E-state index contributed by atoms with van der Waals surface area (Å²) in [6.45, 7) is 7.87. The molecule has 1 rings (SSSR count). The number of carbonyl (C=O) groups is 2.